The lowest BCUT2D eigenvalue weighted by atomic mass is 10.2. The molecule has 118 valence electrons. The third-order valence-corrected chi connectivity index (χ3v) is 3.32. The van der Waals surface area contributed by atoms with Gasteiger partial charge in [0.1, 0.15) is 5.75 Å². The van der Waals surface area contributed by atoms with Crippen LogP contribution in [0.1, 0.15) is 10.4 Å². The molecule has 2 aromatic carbocycles. The number of carbonyl (C=O) groups excluding carboxylic acids is 1. The second-order valence-corrected chi connectivity index (χ2v) is 5.00. The lowest BCUT2D eigenvalue weighted by molar-refractivity contribution is -0.385. The zero-order chi connectivity index (χ0) is 17.1. The predicted octanol–water partition coefficient (Wildman–Crippen LogP) is 4.03. The molecule has 10 heteroatoms. The first-order chi connectivity index (χ1) is 10.8. The first-order valence-electron chi connectivity index (χ1n) is 5.89. The number of rotatable bonds is 4. The quantitative estimate of drug-likeness (QED) is 0.353. The van der Waals surface area contributed by atoms with Gasteiger partial charge in [0.05, 0.1) is 25.5 Å². The topological polar surface area (TPSA) is 113 Å². The summed E-state index contributed by atoms with van der Waals surface area (Å²) in [5.41, 5.74) is -0.644. The number of carbonyl (C=O) groups is 1. The monoisotopic (exact) mass is 356 g/mol. The van der Waals surface area contributed by atoms with Crippen LogP contribution in [0.5, 0.6) is 5.75 Å². The van der Waals surface area contributed by atoms with Crippen LogP contribution < -0.4 is 4.74 Å². The van der Waals surface area contributed by atoms with Crippen LogP contribution in [-0.2, 0) is 0 Å². The first kappa shape index (κ1) is 16.7. The molecule has 0 spiro atoms. The van der Waals surface area contributed by atoms with Crippen LogP contribution in [0, 0.1) is 20.2 Å². The van der Waals surface area contributed by atoms with E-state index in [1.54, 1.807) is 0 Å². The summed E-state index contributed by atoms with van der Waals surface area (Å²) >= 11 is 11.6. The van der Waals surface area contributed by atoms with E-state index in [0.29, 0.717) is 0 Å². The zero-order valence-corrected chi connectivity index (χ0v) is 12.6. The number of nitro benzene ring substituents is 2. The molecule has 0 N–H and O–H groups in total. The molecule has 0 bridgehead atoms. The summed E-state index contributed by atoms with van der Waals surface area (Å²) in [6, 6.07) is 6.56. The molecule has 0 aromatic heterocycles. The number of nitro groups is 2. The van der Waals surface area contributed by atoms with E-state index in [2.05, 4.69) is 0 Å². The number of non-ortho nitro benzene ring substituents is 2. The average molecular weight is 357 g/mol. The molecule has 0 unspecified atom stereocenters. The highest BCUT2D eigenvalue weighted by atomic mass is 35.5. The SMILES string of the molecule is O=C(Oc1ccc([N+](=O)[O-])cc1Cl)c1ccc([N+](=O)[O-])cc1Cl. The van der Waals surface area contributed by atoms with Gasteiger partial charge in [-0.2, -0.15) is 0 Å². The Balaban J connectivity index is 2.26. The normalized spacial score (nSPS) is 10.2. The van der Waals surface area contributed by atoms with Gasteiger partial charge in [-0.1, -0.05) is 23.2 Å². The van der Waals surface area contributed by atoms with E-state index >= 15 is 0 Å². The number of halogens is 2. The van der Waals surface area contributed by atoms with Crippen molar-refractivity contribution in [3.05, 3.63) is 72.2 Å². The van der Waals surface area contributed by atoms with Crippen LogP contribution in [0.15, 0.2) is 36.4 Å². The van der Waals surface area contributed by atoms with Crippen molar-refractivity contribution in [3.8, 4) is 5.75 Å². The minimum atomic E-state index is -0.902. The van der Waals surface area contributed by atoms with E-state index in [4.69, 9.17) is 27.9 Å². The van der Waals surface area contributed by atoms with Gasteiger partial charge < -0.3 is 4.74 Å². The maximum absolute atomic E-state index is 12.0. The minimum Gasteiger partial charge on any atom is -0.421 e. The summed E-state index contributed by atoms with van der Waals surface area (Å²) in [6.07, 6.45) is 0. The maximum atomic E-state index is 12.0. The fourth-order valence-electron chi connectivity index (χ4n) is 1.62. The summed E-state index contributed by atoms with van der Waals surface area (Å²) in [5, 5.41) is 20.9. The second kappa shape index (κ2) is 6.59. The number of esters is 1. The smallest absolute Gasteiger partial charge is 0.345 e. The highest BCUT2D eigenvalue weighted by Crippen LogP contribution is 2.30. The molecule has 0 aliphatic rings. The molecular weight excluding hydrogens is 351 g/mol. The van der Waals surface area contributed by atoms with Gasteiger partial charge in [0.25, 0.3) is 11.4 Å². The van der Waals surface area contributed by atoms with Crippen molar-refractivity contribution in [1.82, 2.24) is 0 Å². The molecular formula is C13H6Cl2N2O6. The molecule has 0 amide bonds. The Labute approximate surface area is 138 Å². The number of hydrogen-bond donors (Lipinski definition) is 0. The molecule has 2 aromatic rings. The molecule has 0 aliphatic carbocycles. The summed E-state index contributed by atoms with van der Waals surface area (Å²) in [5.74, 6) is -1.00. The Morgan fingerprint density at radius 1 is 0.913 bits per heavy atom. The fourth-order valence-corrected chi connectivity index (χ4v) is 2.09. The second-order valence-electron chi connectivity index (χ2n) is 4.18. The Bertz CT molecular complexity index is 824. The number of nitrogens with zero attached hydrogens (tertiary/aromatic N) is 2. The molecule has 0 saturated heterocycles. The van der Waals surface area contributed by atoms with Gasteiger partial charge in [-0.25, -0.2) is 4.79 Å². The Morgan fingerprint density at radius 2 is 1.43 bits per heavy atom. The molecule has 23 heavy (non-hydrogen) atoms. The largest absolute Gasteiger partial charge is 0.421 e. The van der Waals surface area contributed by atoms with Crippen molar-refractivity contribution in [2.45, 2.75) is 0 Å². The molecule has 2 rings (SSSR count). The predicted molar refractivity (Wildman–Crippen MR) is 81.2 cm³/mol. The van der Waals surface area contributed by atoms with Gasteiger partial charge in [-0.05, 0) is 12.1 Å². The Hall–Kier alpha value is -2.71. The lowest BCUT2D eigenvalue weighted by Crippen LogP contribution is -2.09. The van der Waals surface area contributed by atoms with Gasteiger partial charge in [0, 0.05) is 24.3 Å². The molecule has 0 aliphatic heterocycles. The highest BCUT2D eigenvalue weighted by Gasteiger charge is 2.19. The van der Waals surface area contributed by atoms with Crippen molar-refractivity contribution in [2.24, 2.45) is 0 Å². The number of benzene rings is 2. The van der Waals surface area contributed by atoms with Crippen LogP contribution in [0.3, 0.4) is 0 Å². The third-order valence-electron chi connectivity index (χ3n) is 2.71. The molecule has 0 heterocycles. The van der Waals surface area contributed by atoms with E-state index in [1.807, 2.05) is 0 Å². The van der Waals surface area contributed by atoms with Crippen LogP contribution in [-0.4, -0.2) is 15.8 Å². The summed E-state index contributed by atoms with van der Waals surface area (Å²) < 4.78 is 5.00. The Kier molecular flexibility index (Phi) is 4.77. The number of ether oxygens (including phenoxy) is 1. The van der Waals surface area contributed by atoms with Crippen molar-refractivity contribution in [3.63, 3.8) is 0 Å². The third kappa shape index (κ3) is 3.74. The summed E-state index contributed by atoms with van der Waals surface area (Å²) in [7, 11) is 0. The van der Waals surface area contributed by atoms with E-state index in [1.165, 1.54) is 0 Å². The minimum absolute atomic E-state index is 0.100. The van der Waals surface area contributed by atoms with Crippen molar-refractivity contribution < 1.29 is 19.4 Å². The van der Waals surface area contributed by atoms with E-state index < -0.39 is 15.8 Å². The zero-order valence-electron chi connectivity index (χ0n) is 11.1. The van der Waals surface area contributed by atoms with Crippen molar-refractivity contribution in [2.75, 3.05) is 0 Å². The molecule has 0 fully saturated rings. The highest BCUT2D eigenvalue weighted by molar-refractivity contribution is 6.34. The average Bonchev–Trinajstić information content (AvgIpc) is 2.48. The van der Waals surface area contributed by atoms with Crippen LogP contribution >= 0.6 is 23.2 Å². The van der Waals surface area contributed by atoms with Crippen LogP contribution in [0.25, 0.3) is 0 Å². The van der Waals surface area contributed by atoms with Crippen LogP contribution in [0.2, 0.25) is 10.0 Å². The van der Waals surface area contributed by atoms with Crippen molar-refractivity contribution in [1.29, 1.82) is 0 Å². The molecule has 8 nitrogen and oxygen atoms in total. The molecule has 0 radical (unpaired) electrons. The number of hydrogen-bond acceptors (Lipinski definition) is 6. The standard InChI is InChI=1S/C13H6Cl2N2O6/c14-10-5-7(16(19)20)1-3-9(10)13(18)23-12-4-2-8(17(21)22)6-11(12)15/h1-6H. The van der Waals surface area contributed by atoms with Gasteiger partial charge in [-0.3, -0.25) is 20.2 Å². The fraction of sp³-hybridized carbons (Fsp3) is 0. The summed E-state index contributed by atoms with van der Waals surface area (Å²) in [6.45, 7) is 0. The van der Waals surface area contributed by atoms with Gasteiger partial charge in [-0.15, -0.1) is 0 Å². The lowest BCUT2D eigenvalue weighted by Gasteiger charge is -2.07. The van der Waals surface area contributed by atoms with E-state index in [9.17, 15) is 25.0 Å². The summed E-state index contributed by atoms with van der Waals surface area (Å²) in [4.78, 5) is 31.9. The molecule has 0 atom stereocenters. The van der Waals surface area contributed by atoms with Gasteiger partial charge in [0.2, 0.25) is 0 Å². The Morgan fingerprint density at radius 3 is 1.91 bits per heavy atom. The van der Waals surface area contributed by atoms with Crippen molar-refractivity contribution >= 4 is 40.5 Å². The van der Waals surface area contributed by atoms with Gasteiger partial charge in [0.15, 0.2) is 0 Å². The van der Waals surface area contributed by atoms with Gasteiger partial charge >= 0.3 is 5.97 Å². The van der Waals surface area contributed by atoms with E-state index in [-0.39, 0.29) is 32.7 Å². The molecule has 0 saturated carbocycles. The first-order valence-corrected chi connectivity index (χ1v) is 6.65. The maximum Gasteiger partial charge on any atom is 0.345 e. The van der Waals surface area contributed by atoms with E-state index in [0.717, 1.165) is 36.4 Å². The van der Waals surface area contributed by atoms with Crippen LogP contribution in [0.4, 0.5) is 11.4 Å².